The molecule has 0 fully saturated rings. The van der Waals surface area contributed by atoms with Gasteiger partial charge in [-0.1, -0.05) is 13.8 Å². The van der Waals surface area contributed by atoms with Gasteiger partial charge in [0.05, 0.1) is 6.61 Å². The summed E-state index contributed by atoms with van der Waals surface area (Å²) in [6, 6.07) is 0. The highest BCUT2D eigenvalue weighted by atomic mass is 16.3. The average molecular weight is 164 g/mol. The Balaban J connectivity index is 0. The summed E-state index contributed by atoms with van der Waals surface area (Å²) in [4.78, 5) is 0. The molecule has 0 unspecified atom stereocenters. The van der Waals surface area contributed by atoms with Crippen molar-refractivity contribution in [2.45, 2.75) is 13.8 Å². The molecule has 0 heterocycles. The number of nitrogens with two attached hydrogens (primary N) is 2. The summed E-state index contributed by atoms with van der Waals surface area (Å²) in [6.07, 6.45) is 0. The van der Waals surface area contributed by atoms with Crippen molar-refractivity contribution in [1.82, 2.24) is 0 Å². The van der Waals surface area contributed by atoms with Crippen LogP contribution in [-0.2, 0) is 0 Å². The van der Waals surface area contributed by atoms with E-state index in [4.69, 9.17) is 21.7 Å². The van der Waals surface area contributed by atoms with Gasteiger partial charge in [-0.05, 0) is 6.54 Å². The van der Waals surface area contributed by atoms with Crippen molar-refractivity contribution in [2.75, 3.05) is 26.3 Å². The first kappa shape index (κ1) is 13.4. The van der Waals surface area contributed by atoms with E-state index in [-0.39, 0.29) is 18.6 Å². The van der Waals surface area contributed by atoms with Gasteiger partial charge >= 0.3 is 0 Å². The SMILES string of the molecule is CC(C)(CN)CO.NCCO. The minimum Gasteiger partial charge on any atom is -0.396 e. The highest BCUT2D eigenvalue weighted by molar-refractivity contribution is 4.65. The van der Waals surface area contributed by atoms with Crippen LogP contribution in [0.1, 0.15) is 13.8 Å². The van der Waals surface area contributed by atoms with E-state index in [1.807, 2.05) is 13.8 Å². The van der Waals surface area contributed by atoms with E-state index in [1.165, 1.54) is 0 Å². The maximum absolute atomic E-state index is 8.51. The highest BCUT2D eigenvalue weighted by Crippen LogP contribution is 2.08. The second-order valence-electron chi connectivity index (χ2n) is 3.04. The van der Waals surface area contributed by atoms with E-state index in [9.17, 15) is 0 Å². The van der Waals surface area contributed by atoms with Crippen LogP contribution < -0.4 is 11.5 Å². The second-order valence-corrected chi connectivity index (χ2v) is 3.04. The van der Waals surface area contributed by atoms with Gasteiger partial charge in [-0.2, -0.15) is 0 Å². The van der Waals surface area contributed by atoms with Crippen LogP contribution in [0.2, 0.25) is 0 Å². The Morgan fingerprint density at radius 3 is 1.55 bits per heavy atom. The molecule has 4 heteroatoms. The quantitative estimate of drug-likeness (QED) is 0.426. The minimum atomic E-state index is -0.0833. The molecule has 0 aromatic rings. The molecule has 0 bridgehead atoms. The summed E-state index contributed by atoms with van der Waals surface area (Å²) in [7, 11) is 0. The summed E-state index contributed by atoms with van der Waals surface area (Å²) in [5.74, 6) is 0. The molecule has 0 amide bonds. The van der Waals surface area contributed by atoms with Crippen LogP contribution in [0.4, 0.5) is 0 Å². The molecule has 70 valence electrons. The second kappa shape index (κ2) is 7.94. The zero-order valence-electron chi connectivity index (χ0n) is 7.38. The van der Waals surface area contributed by atoms with E-state index in [0.29, 0.717) is 13.1 Å². The summed E-state index contributed by atoms with van der Waals surface area (Å²) in [6.45, 7) is 5.03. The van der Waals surface area contributed by atoms with Crippen LogP contribution in [0.5, 0.6) is 0 Å². The summed E-state index contributed by atoms with van der Waals surface area (Å²) < 4.78 is 0. The number of hydrogen-bond donors (Lipinski definition) is 4. The first-order chi connectivity index (χ1) is 5.04. The highest BCUT2D eigenvalue weighted by Gasteiger charge is 2.11. The molecule has 0 aromatic carbocycles. The molecule has 11 heavy (non-hydrogen) atoms. The predicted octanol–water partition coefficient (Wildman–Crippen LogP) is -1.10. The maximum Gasteiger partial charge on any atom is 0.0553 e. The molecule has 0 radical (unpaired) electrons. The molecule has 0 saturated carbocycles. The fourth-order valence-electron chi connectivity index (χ4n) is 0.0645. The predicted molar refractivity (Wildman–Crippen MR) is 46.1 cm³/mol. The van der Waals surface area contributed by atoms with Crippen LogP contribution >= 0.6 is 0 Å². The van der Waals surface area contributed by atoms with Gasteiger partial charge in [0.25, 0.3) is 0 Å². The zero-order chi connectivity index (χ0) is 9.33. The lowest BCUT2D eigenvalue weighted by molar-refractivity contribution is 0.167. The van der Waals surface area contributed by atoms with Crippen molar-refractivity contribution < 1.29 is 10.2 Å². The monoisotopic (exact) mass is 164 g/mol. The van der Waals surface area contributed by atoms with Crippen LogP contribution in [0.15, 0.2) is 0 Å². The zero-order valence-corrected chi connectivity index (χ0v) is 7.38. The van der Waals surface area contributed by atoms with E-state index in [2.05, 4.69) is 0 Å². The van der Waals surface area contributed by atoms with Gasteiger partial charge in [-0.15, -0.1) is 0 Å². The maximum atomic E-state index is 8.51. The van der Waals surface area contributed by atoms with Crippen molar-refractivity contribution in [3.8, 4) is 0 Å². The third-order valence-electron chi connectivity index (χ3n) is 1.11. The number of aliphatic hydroxyl groups is 2. The summed E-state index contributed by atoms with van der Waals surface area (Å²) >= 11 is 0. The van der Waals surface area contributed by atoms with Gasteiger partial charge in [0.15, 0.2) is 0 Å². The Labute approximate surface area is 68.2 Å². The van der Waals surface area contributed by atoms with Crippen LogP contribution in [0.3, 0.4) is 0 Å². The lowest BCUT2D eigenvalue weighted by Crippen LogP contribution is -2.26. The number of aliphatic hydroxyl groups excluding tert-OH is 2. The van der Waals surface area contributed by atoms with Crippen LogP contribution in [0.25, 0.3) is 0 Å². The molecule has 0 rings (SSSR count). The molecule has 0 saturated heterocycles. The third-order valence-corrected chi connectivity index (χ3v) is 1.11. The topological polar surface area (TPSA) is 92.5 Å². The van der Waals surface area contributed by atoms with E-state index >= 15 is 0 Å². The summed E-state index contributed by atoms with van der Waals surface area (Å²) in [5.41, 5.74) is 9.95. The molecule has 0 aliphatic heterocycles. The Hall–Kier alpha value is -0.160. The van der Waals surface area contributed by atoms with Gasteiger partial charge in [0, 0.05) is 18.6 Å². The smallest absolute Gasteiger partial charge is 0.0553 e. The summed E-state index contributed by atoms with van der Waals surface area (Å²) in [5, 5.41) is 16.3. The molecule has 0 spiro atoms. The number of hydrogen-bond acceptors (Lipinski definition) is 4. The van der Waals surface area contributed by atoms with Crippen molar-refractivity contribution in [3.63, 3.8) is 0 Å². The van der Waals surface area contributed by atoms with Gasteiger partial charge in [0.1, 0.15) is 0 Å². The molecule has 0 aromatic heterocycles. The molecule has 0 atom stereocenters. The first-order valence-corrected chi connectivity index (χ1v) is 3.66. The van der Waals surface area contributed by atoms with Gasteiger partial charge in [-0.3, -0.25) is 0 Å². The third kappa shape index (κ3) is 12.9. The lowest BCUT2D eigenvalue weighted by atomic mass is 9.96. The largest absolute Gasteiger partial charge is 0.396 e. The van der Waals surface area contributed by atoms with Crippen LogP contribution in [-0.4, -0.2) is 36.5 Å². The van der Waals surface area contributed by atoms with Crippen molar-refractivity contribution in [1.29, 1.82) is 0 Å². The van der Waals surface area contributed by atoms with E-state index in [1.54, 1.807) is 0 Å². The fourth-order valence-corrected chi connectivity index (χ4v) is 0.0645. The van der Waals surface area contributed by atoms with Crippen molar-refractivity contribution in [3.05, 3.63) is 0 Å². The molecule has 0 aliphatic rings. The van der Waals surface area contributed by atoms with Gasteiger partial charge in [0.2, 0.25) is 0 Å². The van der Waals surface area contributed by atoms with Crippen molar-refractivity contribution >= 4 is 0 Å². The minimum absolute atomic E-state index is 0.0833. The standard InChI is InChI=1S/C5H13NO.C2H7NO/c1-5(2,3-6)4-7;3-1-2-4/h7H,3-4,6H2,1-2H3;4H,1-3H2. The Morgan fingerprint density at radius 2 is 1.55 bits per heavy atom. The van der Waals surface area contributed by atoms with E-state index < -0.39 is 0 Å². The van der Waals surface area contributed by atoms with E-state index in [0.717, 1.165) is 0 Å². The Morgan fingerprint density at radius 1 is 1.18 bits per heavy atom. The van der Waals surface area contributed by atoms with Crippen LogP contribution in [0, 0.1) is 5.41 Å². The molecular formula is C7H20N2O2. The number of rotatable bonds is 3. The fraction of sp³-hybridized carbons (Fsp3) is 1.00. The Kier molecular flexibility index (Phi) is 9.70. The first-order valence-electron chi connectivity index (χ1n) is 3.66. The van der Waals surface area contributed by atoms with Crippen molar-refractivity contribution in [2.24, 2.45) is 16.9 Å². The molecule has 6 N–H and O–H groups in total. The molecular weight excluding hydrogens is 144 g/mol. The van der Waals surface area contributed by atoms with Gasteiger partial charge in [-0.25, -0.2) is 0 Å². The molecule has 0 aliphatic carbocycles. The average Bonchev–Trinajstić information content (AvgIpc) is 2.05. The molecule has 4 nitrogen and oxygen atoms in total. The Bertz CT molecular complexity index is 68.8. The lowest BCUT2D eigenvalue weighted by Gasteiger charge is -2.17. The normalized spacial score (nSPS) is 10.4. The van der Waals surface area contributed by atoms with Gasteiger partial charge < -0.3 is 21.7 Å².